The maximum Gasteiger partial charge on any atom is 0.390 e. The number of hydrogen-bond acceptors (Lipinski definition) is 2. The van der Waals surface area contributed by atoms with E-state index in [1.807, 2.05) is 0 Å². The summed E-state index contributed by atoms with van der Waals surface area (Å²) in [4.78, 5) is 0. The molecule has 0 amide bonds. The van der Waals surface area contributed by atoms with E-state index in [0.29, 0.717) is 8.95 Å². The first kappa shape index (κ1) is 17.0. The molecule has 0 radical (unpaired) electrons. The summed E-state index contributed by atoms with van der Waals surface area (Å²) >= 11 is 6.33. The predicted octanol–water partition coefficient (Wildman–Crippen LogP) is 4.17. The second-order valence-electron chi connectivity index (χ2n) is 3.32. The number of nitrogens with two attached hydrogens (primary N) is 2. The van der Waals surface area contributed by atoms with Crippen LogP contribution in [0.1, 0.15) is 18.0 Å². The molecule has 0 aliphatic carbocycles. The molecule has 2 nitrogen and oxygen atoms in total. The van der Waals surface area contributed by atoms with Gasteiger partial charge in [-0.25, -0.2) is 0 Å². The van der Waals surface area contributed by atoms with Gasteiger partial charge in [-0.1, -0.05) is 15.9 Å². The van der Waals surface area contributed by atoms with Crippen molar-refractivity contribution in [2.75, 3.05) is 5.73 Å². The van der Waals surface area contributed by atoms with E-state index in [-0.39, 0.29) is 23.7 Å². The zero-order chi connectivity index (χ0) is 12.5. The Balaban J connectivity index is 0.00000256. The quantitative estimate of drug-likeness (QED) is 0.735. The number of nitrogen functional groups attached to an aromatic ring is 1. The fraction of sp³-hybridized carbons (Fsp3) is 0.333. The molecule has 17 heavy (non-hydrogen) atoms. The molecule has 0 aliphatic rings. The molecule has 0 fully saturated rings. The van der Waals surface area contributed by atoms with Gasteiger partial charge in [-0.05, 0) is 33.6 Å². The SMILES string of the molecule is Cl.Nc1c(Br)cc(Br)cc1[C@H](N)CC(F)(F)F. The zero-order valence-corrected chi connectivity index (χ0v) is 12.4. The molecule has 1 aromatic carbocycles. The summed E-state index contributed by atoms with van der Waals surface area (Å²) < 4.78 is 37.7. The Labute approximate surface area is 120 Å². The normalized spacial score (nSPS) is 13.1. The van der Waals surface area contributed by atoms with Crippen molar-refractivity contribution in [2.24, 2.45) is 5.73 Å². The lowest BCUT2D eigenvalue weighted by atomic mass is 10.0. The zero-order valence-electron chi connectivity index (χ0n) is 8.39. The first-order chi connectivity index (χ1) is 7.20. The summed E-state index contributed by atoms with van der Waals surface area (Å²) in [6, 6.07) is 1.99. The third-order valence-electron chi connectivity index (χ3n) is 1.98. The minimum absolute atomic E-state index is 0. The maximum absolute atomic E-state index is 12.2. The molecule has 0 saturated carbocycles. The fourth-order valence-electron chi connectivity index (χ4n) is 1.27. The number of alkyl halides is 3. The Morgan fingerprint density at radius 3 is 2.24 bits per heavy atom. The van der Waals surface area contributed by atoms with Crippen molar-refractivity contribution in [1.82, 2.24) is 0 Å². The highest BCUT2D eigenvalue weighted by molar-refractivity contribution is 9.11. The molecule has 0 spiro atoms. The highest BCUT2D eigenvalue weighted by atomic mass is 79.9. The Morgan fingerprint density at radius 1 is 1.24 bits per heavy atom. The molecule has 0 saturated heterocycles. The number of hydrogen-bond donors (Lipinski definition) is 2. The van der Waals surface area contributed by atoms with Crippen molar-refractivity contribution in [3.05, 3.63) is 26.6 Å². The van der Waals surface area contributed by atoms with E-state index in [9.17, 15) is 13.2 Å². The summed E-state index contributed by atoms with van der Waals surface area (Å²) in [6.45, 7) is 0. The van der Waals surface area contributed by atoms with E-state index < -0.39 is 18.6 Å². The summed E-state index contributed by atoms with van der Waals surface area (Å²) in [6.07, 6.45) is -5.40. The molecule has 0 heterocycles. The molecule has 1 atom stereocenters. The van der Waals surface area contributed by atoms with Gasteiger partial charge in [0, 0.05) is 15.0 Å². The van der Waals surface area contributed by atoms with E-state index in [0.717, 1.165) is 0 Å². The minimum atomic E-state index is -4.30. The Hall–Kier alpha value is 0.0200. The molecular formula is C9H10Br2ClF3N2. The van der Waals surface area contributed by atoms with Crippen LogP contribution in [-0.4, -0.2) is 6.18 Å². The van der Waals surface area contributed by atoms with Crippen LogP contribution in [0, 0.1) is 0 Å². The van der Waals surface area contributed by atoms with E-state index in [2.05, 4.69) is 31.9 Å². The maximum atomic E-state index is 12.2. The molecule has 4 N–H and O–H groups in total. The minimum Gasteiger partial charge on any atom is -0.398 e. The Kier molecular flexibility index (Phi) is 6.27. The van der Waals surface area contributed by atoms with E-state index in [1.54, 1.807) is 6.07 Å². The highest BCUT2D eigenvalue weighted by Gasteiger charge is 2.31. The Bertz CT molecular complexity index is 399. The lowest BCUT2D eigenvalue weighted by Crippen LogP contribution is -2.21. The standard InChI is InChI=1S/C9H9Br2F3N2.ClH/c10-4-1-5(8(16)6(11)2-4)7(15)3-9(12,13)14;/h1-2,7H,3,15-16H2;1H/t7-;/m1./s1. The van der Waals surface area contributed by atoms with Gasteiger partial charge in [0.1, 0.15) is 0 Å². The van der Waals surface area contributed by atoms with E-state index in [1.165, 1.54) is 6.07 Å². The average molecular weight is 398 g/mol. The van der Waals surface area contributed by atoms with Gasteiger partial charge in [-0.15, -0.1) is 12.4 Å². The molecular weight excluding hydrogens is 388 g/mol. The van der Waals surface area contributed by atoms with Gasteiger partial charge < -0.3 is 11.5 Å². The van der Waals surface area contributed by atoms with Crippen molar-refractivity contribution >= 4 is 50.0 Å². The molecule has 98 valence electrons. The van der Waals surface area contributed by atoms with Gasteiger partial charge in [0.25, 0.3) is 0 Å². The van der Waals surface area contributed by atoms with Crippen LogP contribution in [-0.2, 0) is 0 Å². The van der Waals surface area contributed by atoms with Crippen LogP contribution < -0.4 is 11.5 Å². The van der Waals surface area contributed by atoms with Gasteiger partial charge in [0.2, 0.25) is 0 Å². The van der Waals surface area contributed by atoms with E-state index >= 15 is 0 Å². The number of benzene rings is 1. The van der Waals surface area contributed by atoms with Crippen LogP contribution in [0.2, 0.25) is 0 Å². The average Bonchev–Trinajstić information content (AvgIpc) is 2.08. The lowest BCUT2D eigenvalue weighted by molar-refractivity contribution is -0.138. The second-order valence-corrected chi connectivity index (χ2v) is 5.09. The summed E-state index contributed by atoms with van der Waals surface area (Å²) in [7, 11) is 0. The van der Waals surface area contributed by atoms with Gasteiger partial charge in [-0.3, -0.25) is 0 Å². The van der Waals surface area contributed by atoms with Crippen molar-refractivity contribution in [2.45, 2.75) is 18.6 Å². The van der Waals surface area contributed by atoms with Gasteiger partial charge in [0.15, 0.2) is 0 Å². The monoisotopic (exact) mass is 396 g/mol. The topological polar surface area (TPSA) is 52.0 Å². The highest BCUT2D eigenvalue weighted by Crippen LogP contribution is 2.35. The third-order valence-corrected chi connectivity index (χ3v) is 3.09. The second kappa shape index (κ2) is 6.26. The van der Waals surface area contributed by atoms with Crippen molar-refractivity contribution in [3.8, 4) is 0 Å². The number of anilines is 1. The first-order valence-corrected chi connectivity index (χ1v) is 5.86. The van der Waals surface area contributed by atoms with Crippen molar-refractivity contribution < 1.29 is 13.2 Å². The van der Waals surface area contributed by atoms with Crippen LogP contribution in [0.5, 0.6) is 0 Å². The molecule has 0 bridgehead atoms. The fourth-order valence-corrected chi connectivity index (χ4v) is 2.53. The summed E-state index contributed by atoms with van der Waals surface area (Å²) in [5, 5.41) is 0. The smallest absolute Gasteiger partial charge is 0.390 e. The molecule has 1 aromatic rings. The number of halogens is 6. The van der Waals surface area contributed by atoms with Crippen LogP contribution in [0.25, 0.3) is 0 Å². The largest absolute Gasteiger partial charge is 0.398 e. The predicted molar refractivity (Wildman–Crippen MR) is 71.1 cm³/mol. The summed E-state index contributed by atoms with van der Waals surface area (Å²) in [5.41, 5.74) is 11.6. The van der Waals surface area contributed by atoms with Crippen molar-refractivity contribution in [3.63, 3.8) is 0 Å². The van der Waals surface area contributed by atoms with Crippen LogP contribution in [0.4, 0.5) is 18.9 Å². The first-order valence-electron chi connectivity index (χ1n) is 4.27. The van der Waals surface area contributed by atoms with Gasteiger partial charge >= 0.3 is 6.18 Å². The van der Waals surface area contributed by atoms with Gasteiger partial charge in [-0.2, -0.15) is 13.2 Å². The Morgan fingerprint density at radius 2 is 1.76 bits per heavy atom. The third kappa shape index (κ3) is 5.03. The molecule has 8 heteroatoms. The van der Waals surface area contributed by atoms with E-state index in [4.69, 9.17) is 11.5 Å². The summed E-state index contributed by atoms with van der Waals surface area (Å²) in [5.74, 6) is 0. The molecule has 0 aliphatic heterocycles. The lowest BCUT2D eigenvalue weighted by Gasteiger charge is -2.17. The number of rotatable bonds is 2. The molecule has 0 aromatic heterocycles. The van der Waals surface area contributed by atoms with Gasteiger partial charge in [0.05, 0.1) is 12.1 Å². The van der Waals surface area contributed by atoms with Crippen LogP contribution in [0.3, 0.4) is 0 Å². The van der Waals surface area contributed by atoms with Crippen LogP contribution in [0.15, 0.2) is 21.1 Å². The molecule has 0 unspecified atom stereocenters. The molecule has 1 rings (SSSR count). The van der Waals surface area contributed by atoms with Crippen LogP contribution >= 0.6 is 44.3 Å². The van der Waals surface area contributed by atoms with Crippen molar-refractivity contribution in [1.29, 1.82) is 0 Å².